The van der Waals surface area contributed by atoms with Crippen molar-refractivity contribution in [3.63, 3.8) is 0 Å². The summed E-state index contributed by atoms with van der Waals surface area (Å²) in [5.41, 5.74) is 6.20. The Balaban J connectivity index is 1.36. The van der Waals surface area contributed by atoms with Crippen LogP contribution >= 0.6 is 0 Å². The molecule has 0 unspecified atom stereocenters. The molecule has 0 radical (unpaired) electrons. The van der Waals surface area contributed by atoms with E-state index in [-0.39, 0.29) is 23.2 Å². The van der Waals surface area contributed by atoms with Crippen LogP contribution in [0, 0.1) is 0 Å². The van der Waals surface area contributed by atoms with Gasteiger partial charge in [0, 0.05) is 23.0 Å². The van der Waals surface area contributed by atoms with Crippen molar-refractivity contribution >= 4 is 23.4 Å². The number of piperidine rings is 1. The van der Waals surface area contributed by atoms with Gasteiger partial charge in [-0.1, -0.05) is 30.3 Å². The van der Waals surface area contributed by atoms with Crippen molar-refractivity contribution in [1.82, 2.24) is 25.1 Å². The second-order valence-electron chi connectivity index (χ2n) is 9.44. The Labute approximate surface area is 232 Å². The van der Waals surface area contributed by atoms with E-state index in [0.717, 1.165) is 50.2 Å². The van der Waals surface area contributed by atoms with Crippen LogP contribution in [0.3, 0.4) is 0 Å². The second-order valence-corrected chi connectivity index (χ2v) is 9.44. The molecule has 0 bridgehead atoms. The average molecular weight is 566 g/mol. The molecule has 3 heterocycles. The van der Waals surface area contributed by atoms with Gasteiger partial charge >= 0.3 is 12.1 Å². The first-order valence-electron chi connectivity index (χ1n) is 12.8. The molecule has 4 aromatic rings. The first-order chi connectivity index (χ1) is 19.7. The molecule has 1 amide bonds. The van der Waals surface area contributed by atoms with Crippen molar-refractivity contribution in [2.24, 2.45) is 0 Å². The Morgan fingerprint density at radius 3 is 2.44 bits per heavy atom. The number of aromatic nitrogens is 4. The van der Waals surface area contributed by atoms with E-state index >= 15 is 0 Å². The summed E-state index contributed by atoms with van der Waals surface area (Å²) in [5.74, 6) is -1.98. The normalized spacial score (nSPS) is 14.8. The molecular formula is C28H26F3N7O3. The highest BCUT2D eigenvalue weighted by atomic mass is 19.4. The number of amides is 1. The molecule has 5 rings (SSSR count). The summed E-state index contributed by atoms with van der Waals surface area (Å²) in [7, 11) is 0. The maximum Gasteiger partial charge on any atom is 0.416 e. The molecule has 0 saturated carbocycles. The number of nitrogens with zero attached hydrogens (tertiary/aromatic N) is 4. The monoisotopic (exact) mass is 565 g/mol. The van der Waals surface area contributed by atoms with Crippen LogP contribution in [0.5, 0.6) is 0 Å². The molecule has 1 fully saturated rings. The molecule has 2 aromatic carbocycles. The van der Waals surface area contributed by atoms with Crippen LogP contribution in [-0.2, 0) is 15.7 Å². The summed E-state index contributed by atoms with van der Waals surface area (Å²) in [6.45, 7) is 1.79. The fraction of sp³-hybridized carbons (Fsp3) is 0.250. The van der Waals surface area contributed by atoms with Crippen molar-refractivity contribution < 1.29 is 27.5 Å². The smallest absolute Gasteiger partial charge is 0.416 e. The minimum atomic E-state index is -4.52. The van der Waals surface area contributed by atoms with Crippen LogP contribution in [0.4, 0.5) is 24.7 Å². The minimum absolute atomic E-state index is 0.0899. The topological polar surface area (TPSA) is 137 Å². The zero-order valence-electron chi connectivity index (χ0n) is 21.6. The lowest BCUT2D eigenvalue weighted by Gasteiger charge is -2.22. The van der Waals surface area contributed by atoms with E-state index in [4.69, 9.17) is 10.5 Å². The maximum atomic E-state index is 13.3. The standard InChI is InChI=1S/C28H26F3N7O3/c29-28(30,31)19-6-8-20(9-7-19)36-26(39)24(17-4-2-1-3-5-17)41-27(40)23-25(32)34-15-22(37-23)18-14-35-38(16-18)21-10-12-33-13-11-21/h1-9,14-16,21,24,33H,10-13H2,(H2,32,34)(H,36,39)/t24-/m1/s1. The van der Waals surface area contributed by atoms with Crippen molar-refractivity contribution in [3.8, 4) is 11.3 Å². The number of benzene rings is 2. The molecule has 1 aliphatic rings. The molecule has 41 heavy (non-hydrogen) atoms. The van der Waals surface area contributed by atoms with Gasteiger partial charge in [-0.3, -0.25) is 9.48 Å². The number of anilines is 2. The number of carbonyl (C=O) groups is 2. The lowest BCUT2D eigenvalue weighted by atomic mass is 10.1. The zero-order valence-corrected chi connectivity index (χ0v) is 21.6. The third-order valence-electron chi connectivity index (χ3n) is 6.62. The van der Waals surface area contributed by atoms with E-state index in [0.29, 0.717) is 16.8 Å². The lowest BCUT2D eigenvalue weighted by Crippen LogP contribution is -2.29. The van der Waals surface area contributed by atoms with Crippen LogP contribution in [0.2, 0.25) is 0 Å². The lowest BCUT2D eigenvalue weighted by molar-refractivity contribution is -0.137. The molecule has 0 spiro atoms. The van der Waals surface area contributed by atoms with E-state index < -0.39 is 29.7 Å². The van der Waals surface area contributed by atoms with E-state index in [2.05, 4.69) is 25.7 Å². The van der Waals surface area contributed by atoms with Crippen LogP contribution in [-0.4, -0.2) is 44.7 Å². The van der Waals surface area contributed by atoms with Gasteiger partial charge in [-0.2, -0.15) is 18.3 Å². The summed E-state index contributed by atoms with van der Waals surface area (Å²) in [6.07, 6.45) is 0.757. The molecule has 10 nitrogen and oxygen atoms in total. The average Bonchev–Trinajstić information content (AvgIpc) is 3.47. The second kappa shape index (κ2) is 11.8. The first kappa shape index (κ1) is 27.8. The third-order valence-corrected chi connectivity index (χ3v) is 6.62. The Kier molecular flexibility index (Phi) is 7.97. The summed E-state index contributed by atoms with van der Waals surface area (Å²) in [6, 6.07) is 12.3. The highest BCUT2D eigenvalue weighted by molar-refractivity contribution is 5.99. The zero-order chi connectivity index (χ0) is 29.0. The number of alkyl halides is 3. The summed E-state index contributed by atoms with van der Waals surface area (Å²) >= 11 is 0. The first-order valence-corrected chi connectivity index (χ1v) is 12.8. The van der Waals surface area contributed by atoms with E-state index in [9.17, 15) is 22.8 Å². The number of ether oxygens (including phenoxy) is 1. The van der Waals surface area contributed by atoms with Crippen LogP contribution in [0.15, 0.2) is 73.2 Å². The predicted molar refractivity (Wildman–Crippen MR) is 143 cm³/mol. The van der Waals surface area contributed by atoms with E-state index in [1.54, 1.807) is 36.5 Å². The number of esters is 1. The Morgan fingerprint density at radius 1 is 1.05 bits per heavy atom. The van der Waals surface area contributed by atoms with Crippen molar-refractivity contribution in [2.75, 3.05) is 24.1 Å². The van der Waals surface area contributed by atoms with Gasteiger partial charge in [-0.05, 0) is 50.2 Å². The number of halogens is 3. The minimum Gasteiger partial charge on any atom is -0.442 e. The third kappa shape index (κ3) is 6.52. The summed E-state index contributed by atoms with van der Waals surface area (Å²) in [4.78, 5) is 34.9. The summed E-state index contributed by atoms with van der Waals surface area (Å²) < 4.78 is 46.2. The predicted octanol–water partition coefficient (Wildman–Crippen LogP) is 4.40. The Bertz CT molecular complexity index is 1520. The van der Waals surface area contributed by atoms with E-state index in [1.165, 1.54) is 6.20 Å². The van der Waals surface area contributed by atoms with Gasteiger partial charge in [0.15, 0.2) is 11.5 Å². The van der Waals surface area contributed by atoms with Gasteiger partial charge in [0.2, 0.25) is 6.10 Å². The quantitative estimate of drug-likeness (QED) is 0.281. The maximum absolute atomic E-state index is 13.3. The van der Waals surface area contributed by atoms with Crippen molar-refractivity contribution in [2.45, 2.75) is 31.2 Å². The highest BCUT2D eigenvalue weighted by Crippen LogP contribution is 2.30. The molecule has 2 aromatic heterocycles. The number of rotatable bonds is 7. The van der Waals surface area contributed by atoms with Gasteiger partial charge in [0.25, 0.3) is 5.91 Å². The number of nitrogens with one attached hydrogen (secondary N) is 2. The summed E-state index contributed by atoms with van der Waals surface area (Å²) in [5, 5.41) is 10.2. The number of hydrogen-bond donors (Lipinski definition) is 3. The largest absolute Gasteiger partial charge is 0.442 e. The van der Waals surface area contributed by atoms with Crippen LogP contribution in [0.1, 0.15) is 46.6 Å². The molecular weight excluding hydrogens is 539 g/mol. The van der Waals surface area contributed by atoms with Crippen molar-refractivity contribution in [1.29, 1.82) is 0 Å². The molecule has 0 aliphatic carbocycles. The molecule has 1 saturated heterocycles. The van der Waals surface area contributed by atoms with Crippen LogP contribution in [0.25, 0.3) is 11.3 Å². The van der Waals surface area contributed by atoms with Gasteiger partial charge < -0.3 is 21.1 Å². The molecule has 13 heteroatoms. The number of nitrogen functional groups attached to an aromatic ring is 1. The van der Waals surface area contributed by atoms with Crippen LogP contribution < -0.4 is 16.4 Å². The highest BCUT2D eigenvalue weighted by Gasteiger charge is 2.31. The van der Waals surface area contributed by atoms with Gasteiger partial charge in [-0.25, -0.2) is 14.8 Å². The fourth-order valence-corrected chi connectivity index (χ4v) is 4.44. The number of nitrogens with two attached hydrogens (primary N) is 1. The number of carbonyl (C=O) groups excluding carboxylic acids is 2. The molecule has 1 aliphatic heterocycles. The number of hydrogen-bond acceptors (Lipinski definition) is 8. The van der Waals surface area contributed by atoms with Gasteiger partial charge in [0.1, 0.15) is 0 Å². The fourth-order valence-electron chi connectivity index (χ4n) is 4.44. The Hall–Kier alpha value is -4.78. The Morgan fingerprint density at radius 2 is 1.76 bits per heavy atom. The molecule has 212 valence electrons. The molecule has 4 N–H and O–H groups in total. The van der Waals surface area contributed by atoms with E-state index in [1.807, 2.05) is 10.9 Å². The molecule has 1 atom stereocenters. The van der Waals surface area contributed by atoms with Gasteiger partial charge in [0.05, 0.1) is 29.7 Å². The SMILES string of the molecule is Nc1ncc(-c2cnn(C3CCNCC3)c2)nc1C(=O)O[C@@H](C(=O)Nc1ccc(C(F)(F)F)cc1)c1ccccc1. The van der Waals surface area contributed by atoms with Crippen molar-refractivity contribution in [3.05, 3.63) is 90.0 Å². The van der Waals surface area contributed by atoms with Gasteiger partial charge in [-0.15, -0.1) is 0 Å².